The minimum absolute atomic E-state index is 0.00758. The third-order valence-corrected chi connectivity index (χ3v) is 6.80. The zero-order valence-corrected chi connectivity index (χ0v) is 23.7. The Morgan fingerprint density at radius 3 is 2.36 bits per heavy atom. The number of aromatic nitrogens is 3. The number of amides is 2. The van der Waals surface area contributed by atoms with E-state index in [1.54, 1.807) is 42.6 Å². The summed E-state index contributed by atoms with van der Waals surface area (Å²) in [5.41, 5.74) is 2.87. The molecule has 2 atom stereocenters. The molecule has 0 saturated heterocycles. The molecule has 0 aliphatic rings. The maximum atomic E-state index is 13.2. The number of hydrogen-bond acceptors (Lipinski definition) is 7. The summed E-state index contributed by atoms with van der Waals surface area (Å²) in [4.78, 5) is 37.9. The number of benzene rings is 3. The Morgan fingerprint density at radius 2 is 1.68 bits per heavy atom. The average molecular weight is 596 g/mol. The summed E-state index contributed by atoms with van der Waals surface area (Å²) in [5.74, 6) is -0.840. The maximum absolute atomic E-state index is 13.2. The number of imidazole rings is 1. The van der Waals surface area contributed by atoms with Crippen molar-refractivity contribution in [2.45, 2.75) is 12.0 Å². The number of hydrogen-bond donors (Lipinski definition) is 4. The third-order valence-electron chi connectivity index (χ3n) is 6.80. The van der Waals surface area contributed by atoms with Crippen LogP contribution in [-0.4, -0.2) is 58.2 Å². The van der Waals surface area contributed by atoms with Crippen molar-refractivity contribution < 1.29 is 28.6 Å². The molecule has 2 heterocycles. The minimum Gasteiger partial charge on any atom is -0.507 e. The molecule has 2 amide bonds. The molecule has 11 heteroatoms. The van der Waals surface area contributed by atoms with Crippen molar-refractivity contribution in [2.75, 3.05) is 20.3 Å². The van der Waals surface area contributed by atoms with Gasteiger partial charge in [0.25, 0.3) is 5.91 Å². The fourth-order valence-corrected chi connectivity index (χ4v) is 4.73. The largest absolute Gasteiger partial charge is 0.507 e. The van der Waals surface area contributed by atoms with Gasteiger partial charge in [0.2, 0.25) is 5.91 Å². The van der Waals surface area contributed by atoms with E-state index in [4.69, 9.17) is 14.5 Å². The molecule has 224 valence electrons. The molecule has 4 N–H and O–H groups in total. The average Bonchev–Trinajstić information content (AvgIpc) is 3.56. The van der Waals surface area contributed by atoms with Crippen molar-refractivity contribution in [1.82, 2.24) is 25.6 Å². The van der Waals surface area contributed by atoms with Gasteiger partial charge in [0.15, 0.2) is 0 Å². The second-order valence-electron chi connectivity index (χ2n) is 9.85. The smallest absolute Gasteiger partial charge is 0.255 e. The number of phenolic OH excluding ortho intramolecular Hbond substituents is 1. The monoisotopic (exact) mass is 595 g/mol. The van der Waals surface area contributed by atoms with Crippen LogP contribution in [0.1, 0.15) is 27.7 Å². The molecule has 2 aromatic heterocycles. The van der Waals surface area contributed by atoms with Gasteiger partial charge in [0, 0.05) is 31.1 Å². The fourth-order valence-electron chi connectivity index (χ4n) is 4.73. The Balaban J connectivity index is 1.42. The van der Waals surface area contributed by atoms with Crippen LogP contribution in [0.4, 0.5) is 4.39 Å². The Bertz CT molecular complexity index is 1700. The highest BCUT2D eigenvalue weighted by Crippen LogP contribution is 2.29. The topological polar surface area (TPSA) is 138 Å². The molecule has 0 aliphatic heterocycles. The van der Waals surface area contributed by atoms with E-state index in [0.29, 0.717) is 28.6 Å². The van der Waals surface area contributed by atoms with Crippen LogP contribution in [0.25, 0.3) is 11.3 Å². The number of carbonyl (C=O) groups is 2. The highest BCUT2D eigenvalue weighted by molar-refractivity contribution is 5.96. The number of para-hydroxylation sites is 1. The first-order valence-electron chi connectivity index (χ1n) is 13.7. The summed E-state index contributed by atoms with van der Waals surface area (Å²) in [6.07, 6.45) is 3.17. The quantitative estimate of drug-likeness (QED) is 0.163. The Morgan fingerprint density at radius 1 is 0.955 bits per heavy atom. The van der Waals surface area contributed by atoms with Gasteiger partial charge in [-0.15, -0.1) is 0 Å². The number of ether oxygens (including phenoxy) is 2. The summed E-state index contributed by atoms with van der Waals surface area (Å²) in [7, 11) is 1.42. The number of pyridine rings is 1. The molecule has 0 aliphatic carbocycles. The summed E-state index contributed by atoms with van der Waals surface area (Å²) < 4.78 is 24.1. The van der Waals surface area contributed by atoms with Crippen LogP contribution in [0.3, 0.4) is 0 Å². The number of methoxy groups -OCH3 is 1. The van der Waals surface area contributed by atoms with Gasteiger partial charge in [0.1, 0.15) is 29.7 Å². The zero-order valence-electron chi connectivity index (χ0n) is 23.7. The van der Waals surface area contributed by atoms with E-state index in [1.165, 1.54) is 37.7 Å². The predicted octanol–water partition coefficient (Wildman–Crippen LogP) is 4.80. The molecule has 0 bridgehead atoms. The van der Waals surface area contributed by atoms with Gasteiger partial charge in [-0.05, 0) is 72.8 Å². The number of H-pyrrole nitrogens is 1. The number of carbonyl (C=O) groups excluding carboxylic acids is 2. The molecule has 5 aromatic rings. The second-order valence-corrected chi connectivity index (χ2v) is 9.85. The molecule has 10 nitrogen and oxygen atoms in total. The Kier molecular flexibility index (Phi) is 9.57. The maximum Gasteiger partial charge on any atom is 0.255 e. The van der Waals surface area contributed by atoms with Crippen LogP contribution in [0.5, 0.6) is 17.2 Å². The first-order chi connectivity index (χ1) is 21.4. The summed E-state index contributed by atoms with van der Waals surface area (Å²) in [6, 6.07) is 24.2. The van der Waals surface area contributed by atoms with Crippen molar-refractivity contribution in [1.29, 1.82) is 0 Å². The molecule has 3 aromatic carbocycles. The normalized spacial score (nSPS) is 12.2. The number of aromatic hydroxyl groups is 1. The lowest BCUT2D eigenvalue weighted by Gasteiger charge is -2.28. The summed E-state index contributed by atoms with van der Waals surface area (Å²) in [5, 5.41) is 15.9. The van der Waals surface area contributed by atoms with Crippen LogP contribution in [-0.2, 0) is 9.53 Å². The molecule has 44 heavy (non-hydrogen) atoms. The molecule has 5 rings (SSSR count). The molecular weight excluding hydrogens is 565 g/mol. The van der Waals surface area contributed by atoms with E-state index >= 15 is 0 Å². The van der Waals surface area contributed by atoms with Crippen molar-refractivity contribution >= 4 is 11.8 Å². The van der Waals surface area contributed by atoms with Crippen molar-refractivity contribution in [3.05, 3.63) is 126 Å². The van der Waals surface area contributed by atoms with E-state index in [-0.39, 0.29) is 36.2 Å². The predicted molar refractivity (Wildman–Crippen MR) is 161 cm³/mol. The van der Waals surface area contributed by atoms with Crippen molar-refractivity contribution in [2.24, 2.45) is 0 Å². The zero-order chi connectivity index (χ0) is 30.9. The number of nitrogens with one attached hydrogen (secondary N) is 3. The highest BCUT2D eigenvalue weighted by atomic mass is 19.1. The van der Waals surface area contributed by atoms with Crippen LogP contribution in [0, 0.1) is 5.82 Å². The number of phenols is 1. The van der Waals surface area contributed by atoms with Crippen LogP contribution in [0.15, 0.2) is 104 Å². The SMILES string of the molecule is COCC(=O)NC(CNC(=O)c1ccccc1O)C(c1cccc(-c2ccc(Oc3ccc(F)cc3)cc2)n1)c1cnc[nH]1. The van der Waals surface area contributed by atoms with Gasteiger partial charge in [-0.1, -0.05) is 18.2 Å². The van der Waals surface area contributed by atoms with Crippen molar-refractivity contribution in [3.8, 4) is 28.5 Å². The lowest BCUT2D eigenvalue weighted by molar-refractivity contribution is -0.125. The Hall–Kier alpha value is -5.55. The van der Waals surface area contributed by atoms with Gasteiger partial charge in [-0.3, -0.25) is 14.6 Å². The standard InChI is InChI=1S/C33H30FN5O5/c1-43-19-31(41)39-29(18-36-33(42)25-5-2-3-8-30(25)40)32(28-17-35-20-37-28)27-7-4-6-26(38-27)21-9-13-23(14-10-21)44-24-15-11-22(34)12-16-24/h2-17,20,29,32,40H,18-19H2,1H3,(H,35,37)(H,36,42)(H,39,41). The molecule has 0 saturated carbocycles. The van der Waals surface area contributed by atoms with Crippen LogP contribution >= 0.6 is 0 Å². The fraction of sp³-hybridized carbons (Fsp3) is 0.152. The second kappa shape index (κ2) is 14.1. The van der Waals surface area contributed by atoms with Gasteiger partial charge >= 0.3 is 0 Å². The van der Waals surface area contributed by atoms with E-state index < -0.39 is 17.9 Å². The molecule has 0 radical (unpaired) electrons. The third kappa shape index (κ3) is 7.44. The lowest BCUT2D eigenvalue weighted by Crippen LogP contribution is -2.48. The van der Waals surface area contributed by atoms with Gasteiger partial charge < -0.3 is 30.2 Å². The van der Waals surface area contributed by atoms with E-state index in [9.17, 15) is 19.1 Å². The van der Waals surface area contributed by atoms with Gasteiger partial charge in [-0.2, -0.15) is 0 Å². The molecule has 2 unspecified atom stereocenters. The molecular formula is C33H30FN5O5. The number of nitrogens with zero attached hydrogens (tertiary/aromatic N) is 2. The van der Waals surface area contributed by atoms with E-state index in [2.05, 4.69) is 20.6 Å². The van der Waals surface area contributed by atoms with Gasteiger partial charge in [-0.25, -0.2) is 9.37 Å². The Labute approximate surface area is 252 Å². The number of halogens is 1. The molecule has 0 fully saturated rings. The van der Waals surface area contributed by atoms with Crippen LogP contribution < -0.4 is 15.4 Å². The van der Waals surface area contributed by atoms with E-state index in [1.807, 2.05) is 30.3 Å². The number of rotatable bonds is 12. The summed E-state index contributed by atoms with van der Waals surface area (Å²) >= 11 is 0. The van der Waals surface area contributed by atoms with E-state index in [0.717, 1.165) is 5.56 Å². The summed E-state index contributed by atoms with van der Waals surface area (Å²) in [6.45, 7) is -0.174. The molecule has 0 spiro atoms. The first kappa shape index (κ1) is 29.9. The van der Waals surface area contributed by atoms with Gasteiger partial charge in [0.05, 0.1) is 35.2 Å². The minimum atomic E-state index is -0.679. The van der Waals surface area contributed by atoms with Crippen LogP contribution in [0.2, 0.25) is 0 Å². The highest BCUT2D eigenvalue weighted by Gasteiger charge is 2.30. The van der Waals surface area contributed by atoms with Crippen molar-refractivity contribution in [3.63, 3.8) is 0 Å². The first-order valence-corrected chi connectivity index (χ1v) is 13.7. The lowest BCUT2D eigenvalue weighted by atomic mass is 9.91. The number of aromatic amines is 1.